The van der Waals surface area contributed by atoms with Gasteiger partial charge in [0.25, 0.3) is 0 Å². The summed E-state index contributed by atoms with van der Waals surface area (Å²) in [5, 5.41) is 0. The molecule has 0 spiro atoms. The van der Waals surface area contributed by atoms with Crippen molar-refractivity contribution in [3.63, 3.8) is 0 Å². The molecule has 0 fully saturated rings. The Morgan fingerprint density at radius 1 is 1.19 bits per heavy atom. The van der Waals surface area contributed by atoms with Crippen LogP contribution in [0.3, 0.4) is 0 Å². The van der Waals surface area contributed by atoms with E-state index in [1.807, 2.05) is 35.0 Å². The van der Waals surface area contributed by atoms with E-state index in [1.165, 1.54) is 5.56 Å². The number of nitrogens with zero attached hydrogens (tertiary/aromatic N) is 1. The van der Waals surface area contributed by atoms with Crippen molar-refractivity contribution in [2.45, 2.75) is 19.8 Å². The summed E-state index contributed by atoms with van der Waals surface area (Å²) in [6.07, 6.45) is 4.96. The number of hydrogen-bond donors (Lipinski definition) is 0. The smallest absolute Gasteiger partial charge is 0.166 e. The molecule has 0 radical (unpaired) electrons. The van der Waals surface area contributed by atoms with Gasteiger partial charge in [0.1, 0.15) is 0 Å². The summed E-state index contributed by atoms with van der Waals surface area (Å²) >= 11 is 0. The third-order valence-corrected chi connectivity index (χ3v) is 2.67. The first-order chi connectivity index (χ1) is 7.86. The maximum Gasteiger partial charge on any atom is 0.166 e. The van der Waals surface area contributed by atoms with Crippen LogP contribution in [0.1, 0.15) is 29.4 Å². The fourth-order valence-corrected chi connectivity index (χ4v) is 1.94. The number of benzene rings is 1. The number of para-hydroxylation sites is 1. The summed E-state index contributed by atoms with van der Waals surface area (Å²) < 4.78 is 1.94. The molecule has 0 aliphatic carbocycles. The first kappa shape index (κ1) is 10.7. The minimum atomic E-state index is 0.698. The van der Waals surface area contributed by atoms with Gasteiger partial charge < -0.3 is 4.57 Å². The van der Waals surface area contributed by atoms with Gasteiger partial charge in [-0.25, -0.2) is 0 Å². The van der Waals surface area contributed by atoms with E-state index in [-0.39, 0.29) is 0 Å². The quantitative estimate of drug-likeness (QED) is 0.714. The standard InChI is InChI=1S/C14H15NO/c1-2-6-12-7-3-4-9-14(12)15-10-5-8-13(15)11-16/h3-5,7-11H,2,6H2,1H3. The predicted molar refractivity (Wildman–Crippen MR) is 65.2 cm³/mol. The second-order valence-electron chi connectivity index (χ2n) is 3.80. The molecule has 0 aliphatic rings. The van der Waals surface area contributed by atoms with Crippen molar-refractivity contribution in [1.29, 1.82) is 0 Å². The highest BCUT2D eigenvalue weighted by atomic mass is 16.1. The van der Waals surface area contributed by atoms with E-state index in [2.05, 4.69) is 19.1 Å². The zero-order valence-electron chi connectivity index (χ0n) is 9.39. The molecule has 1 heterocycles. The third kappa shape index (κ3) is 1.91. The summed E-state index contributed by atoms with van der Waals surface area (Å²) in [6.45, 7) is 2.16. The summed E-state index contributed by atoms with van der Waals surface area (Å²) in [5.74, 6) is 0. The molecule has 0 N–H and O–H groups in total. The van der Waals surface area contributed by atoms with E-state index in [4.69, 9.17) is 0 Å². The average Bonchev–Trinajstić information content (AvgIpc) is 2.78. The Labute approximate surface area is 95.5 Å². The van der Waals surface area contributed by atoms with Crippen LogP contribution in [-0.4, -0.2) is 10.9 Å². The van der Waals surface area contributed by atoms with Crippen molar-refractivity contribution < 1.29 is 4.79 Å². The monoisotopic (exact) mass is 213 g/mol. The van der Waals surface area contributed by atoms with Crippen molar-refractivity contribution >= 4 is 6.29 Å². The lowest BCUT2D eigenvalue weighted by Gasteiger charge is -2.11. The number of aromatic nitrogens is 1. The molecule has 82 valence electrons. The largest absolute Gasteiger partial charge is 0.314 e. The molecule has 16 heavy (non-hydrogen) atoms. The first-order valence-electron chi connectivity index (χ1n) is 5.57. The van der Waals surface area contributed by atoms with E-state index < -0.39 is 0 Å². The maximum absolute atomic E-state index is 10.9. The van der Waals surface area contributed by atoms with Crippen LogP contribution in [0.15, 0.2) is 42.6 Å². The summed E-state index contributed by atoms with van der Waals surface area (Å²) in [5.41, 5.74) is 3.09. The Kier molecular flexibility index (Phi) is 3.20. The number of carbonyl (C=O) groups excluding carboxylic acids is 1. The van der Waals surface area contributed by atoms with E-state index in [0.717, 1.165) is 24.8 Å². The molecule has 0 saturated heterocycles. The van der Waals surface area contributed by atoms with Crippen LogP contribution in [0.4, 0.5) is 0 Å². The molecule has 0 atom stereocenters. The lowest BCUT2D eigenvalue weighted by atomic mass is 10.1. The minimum Gasteiger partial charge on any atom is -0.314 e. The van der Waals surface area contributed by atoms with E-state index in [0.29, 0.717) is 5.69 Å². The van der Waals surface area contributed by atoms with Crippen LogP contribution < -0.4 is 0 Å². The van der Waals surface area contributed by atoms with Crippen LogP contribution in [-0.2, 0) is 6.42 Å². The summed E-state index contributed by atoms with van der Waals surface area (Å²) in [4.78, 5) is 10.9. The van der Waals surface area contributed by atoms with Gasteiger partial charge in [0.05, 0.1) is 5.69 Å². The van der Waals surface area contributed by atoms with Gasteiger partial charge in [0.2, 0.25) is 0 Å². The Hall–Kier alpha value is -1.83. The van der Waals surface area contributed by atoms with Crippen molar-refractivity contribution in [2.75, 3.05) is 0 Å². The zero-order valence-corrected chi connectivity index (χ0v) is 9.39. The van der Waals surface area contributed by atoms with Crippen LogP contribution in [0.25, 0.3) is 5.69 Å². The Morgan fingerprint density at radius 2 is 2.00 bits per heavy atom. The van der Waals surface area contributed by atoms with E-state index >= 15 is 0 Å². The number of aldehydes is 1. The van der Waals surface area contributed by atoms with Gasteiger partial charge in [0.15, 0.2) is 6.29 Å². The minimum absolute atomic E-state index is 0.698. The van der Waals surface area contributed by atoms with Crippen LogP contribution in [0.5, 0.6) is 0 Å². The van der Waals surface area contributed by atoms with E-state index in [9.17, 15) is 4.79 Å². The number of carbonyl (C=O) groups is 1. The van der Waals surface area contributed by atoms with Gasteiger partial charge in [0, 0.05) is 11.9 Å². The van der Waals surface area contributed by atoms with Gasteiger partial charge in [-0.05, 0) is 30.2 Å². The molecule has 1 aromatic carbocycles. The second-order valence-corrected chi connectivity index (χ2v) is 3.80. The molecule has 1 aromatic heterocycles. The Bertz CT molecular complexity index is 485. The van der Waals surface area contributed by atoms with E-state index in [1.54, 1.807) is 0 Å². The molecule has 2 heteroatoms. The van der Waals surface area contributed by atoms with Crippen molar-refractivity contribution in [3.8, 4) is 5.69 Å². The van der Waals surface area contributed by atoms with Gasteiger partial charge >= 0.3 is 0 Å². The molecule has 2 nitrogen and oxygen atoms in total. The van der Waals surface area contributed by atoms with Gasteiger partial charge in [-0.1, -0.05) is 31.5 Å². The van der Waals surface area contributed by atoms with Gasteiger partial charge in [-0.3, -0.25) is 4.79 Å². The lowest BCUT2D eigenvalue weighted by Crippen LogP contribution is -2.01. The molecular formula is C14H15NO. The van der Waals surface area contributed by atoms with Crippen molar-refractivity contribution in [1.82, 2.24) is 4.57 Å². The predicted octanol–water partition coefficient (Wildman–Crippen LogP) is 3.24. The fraction of sp³-hybridized carbons (Fsp3) is 0.214. The highest BCUT2D eigenvalue weighted by Crippen LogP contribution is 2.18. The second kappa shape index (κ2) is 4.79. The van der Waals surface area contributed by atoms with Crippen molar-refractivity contribution in [3.05, 3.63) is 53.9 Å². The summed E-state index contributed by atoms with van der Waals surface area (Å²) in [7, 11) is 0. The van der Waals surface area contributed by atoms with Gasteiger partial charge in [-0.15, -0.1) is 0 Å². The van der Waals surface area contributed by atoms with Crippen LogP contribution in [0, 0.1) is 0 Å². The third-order valence-electron chi connectivity index (χ3n) is 2.67. The molecule has 0 aliphatic heterocycles. The van der Waals surface area contributed by atoms with Crippen molar-refractivity contribution in [2.24, 2.45) is 0 Å². The topological polar surface area (TPSA) is 22.0 Å². The first-order valence-corrected chi connectivity index (χ1v) is 5.57. The highest BCUT2D eigenvalue weighted by Gasteiger charge is 2.05. The zero-order chi connectivity index (χ0) is 11.4. The lowest BCUT2D eigenvalue weighted by molar-refractivity contribution is 0.111. The Balaban J connectivity index is 2.50. The molecule has 2 aromatic rings. The van der Waals surface area contributed by atoms with Crippen LogP contribution in [0.2, 0.25) is 0 Å². The molecule has 0 amide bonds. The maximum atomic E-state index is 10.9. The van der Waals surface area contributed by atoms with Crippen LogP contribution >= 0.6 is 0 Å². The number of rotatable bonds is 4. The normalized spacial score (nSPS) is 10.3. The molecule has 0 bridgehead atoms. The highest BCUT2D eigenvalue weighted by molar-refractivity contribution is 5.74. The SMILES string of the molecule is CCCc1ccccc1-n1cccc1C=O. The Morgan fingerprint density at radius 3 is 2.75 bits per heavy atom. The molecule has 0 unspecified atom stereocenters. The average molecular weight is 213 g/mol. The number of hydrogen-bond acceptors (Lipinski definition) is 1. The molecular weight excluding hydrogens is 198 g/mol. The fourth-order valence-electron chi connectivity index (χ4n) is 1.94. The number of aryl methyl sites for hydroxylation is 1. The molecule has 2 rings (SSSR count). The van der Waals surface area contributed by atoms with Gasteiger partial charge in [-0.2, -0.15) is 0 Å². The summed E-state index contributed by atoms with van der Waals surface area (Å²) in [6, 6.07) is 11.9. The molecule has 0 saturated carbocycles.